The van der Waals surface area contributed by atoms with Gasteiger partial charge in [-0.05, 0) is 32.9 Å². The summed E-state index contributed by atoms with van der Waals surface area (Å²) in [7, 11) is 2.24. The molecule has 17 heavy (non-hydrogen) atoms. The first-order valence-electron chi connectivity index (χ1n) is 7.40. The predicted molar refractivity (Wildman–Crippen MR) is 73.2 cm³/mol. The van der Waals surface area contributed by atoms with Crippen LogP contribution in [0.25, 0.3) is 0 Å². The fourth-order valence-electron chi connectivity index (χ4n) is 3.56. The molecule has 1 saturated heterocycles. The minimum atomic E-state index is 0.335. The first-order chi connectivity index (χ1) is 8.27. The predicted octanol–water partition coefficient (Wildman–Crippen LogP) is 1.68. The summed E-state index contributed by atoms with van der Waals surface area (Å²) in [5.74, 6) is 0. The summed E-state index contributed by atoms with van der Waals surface area (Å²) in [6.45, 7) is 5.78. The van der Waals surface area contributed by atoms with Crippen molar-refractivity contribution in [3.63, 3.8) is 0 Å². The molecule has 2 aliphatic rings. The van der Waals surface area contributed by atoms with E-state index in [0.717, 1.165) is 6.54 Å². The Hall–Kier alpha value is -0.120. The fourth-order valence-corrected chi connectivity index (χ4v) is 3.56. The molecule has 0 aromatic rings. The van der Waals surface area contributed by atoms with Crippen LogP contribution in [0.15, 0.2) is 0 Å². The highest BCUT2D eigenvalue weighted by Crippen LogP contribution is 2.32. The van der Waals surface area contributed by atoms with Crippen LogP contribution in [0.1, 0.15) is 44.9 Å². The second kappa shape index (κ2) is 6.17. The van der Waals surface area contributed by atoms with Gasteiger partial charge in [0, 0.05) is 31.7 Å². The molecule has 3 heteroatoms. The lowest BCUT2D eigenvalue weighted by Crippen LogP contribution is -2.54. The van der Waals surface area contributed by atoms with Crippen molar-refractivity contribution < 1.29 is 0 Å². The van der Waals surface area contributed by atoms with E-state index in [1.807, 2.05) is 0 Å². The Kier molecular flexibility index (Phi) is 4.83. The van der Waals surface area contributed by atoms with Crippen LogP contribution in [0, 0.1) is 0 Å². The molecule has 1 heterocycles. The molecular weight excluding hydrogens is 210 g/mol. The minimum Gasteiger partial charge on any atom is -0.329 e. The zero-order valence-corrected chi connectivity index (χ0v) is 11.5. The lowest BCUT2D eigenvalue weighted by molar-refractivity contribution is 0.0824. The SMILES string of the molecule is CN1CCCN(C2(CN)CCCCCC2)CC1. The summed E-state index contributed by atoms with van der Waals surface area (Å²) in [6, 6.07) is 0. The largest absolute Gasteiger partial charge is 0.329 e. The molecule has 0 spiro atoms. The van der Waals surface area contributed by atoms with Crippen molar-refractivity contribution in [3.05, 3.63) is 0 Å². The maximum atomic E-state index is 6.17. The third-order valence-electron chi connectivity index (χ3n) is 4.80. The van der Waals surface area contributed by atoms with Gasteiger partial charge >= 0.3 is 0 Å². The van der Waals surface area contributed by atoms with Gasteiger partial charge in [0.2, 0.25) is 0 Å². The molecule has 1 aliphatic heterocycles. The number of nitrogens with zero attached hydrogens (tertiary/aromatic N) is 2. The van der Waals surface area contributed by atoms with E-state index < -0.39 is 0 Å². The van der Waals surface area contributed by atoms with Gasteiger partial charge in [-0.2, -0.15) is 0 Å². The van der Waals surface area contributed by atoms with E-state index in [0.29, 0.717) is 5.54 Å². The van der Waals surface area contributed by atoms with Gasteiger partial charge in [0.25, 0.3) is 0 Å². The number of likely N-dealkylation sites (N-methyl/N-ethyl adjacent to an activating group) is 1. The molecular formula is C14H29N3. The Balaban J connectivity index is 2.04. The van der Waals surface area contributed by atoms with Gasteiger partial charge in [0.1, 0.15) is 0 Å². The topological polar surface area (TPSA) is 32.5 Å². The standard InChI is InChI=1S/C14H29N3/c1-16-9-6-10-17(12-11-16)14(13-15)7-4-2-3-5-8-14/h2-13,15H2,1H3. The average Bonchev–Trinajstić information content (AvgIpc) is 2.70. The van der Waals surface area contributed by atoms with Gasteiger partial charge in [-0.25, -0.2) is 0 Å². The molecule has 0 atom stereocenters. The molecule has 0 aromatic carbocycles. The Morgan fingerprint density at radius 1 is 0.882 bits per heavy atom. The van der Waals surface area contributed by atoms with E-state index >= 15 is 0 Å². The first-order valence-corrected chi connectivity index (χ1v) is 7.40. The number of hydrogen-bond donors (Lipinski definition) is 1. The molecule has 0 amide bonds. The normalized spacial score (nSPS) is 28.6. The number of hydrogen-bond acceptors (Lipinski definition) is 3. The van der Waals surface area contributed by atoms with Crippen molar-refractivity contribution in [2.45, 2.75) is 50.5 Å². The Labute approximate surface area is 106 Å². The molecule has 1 aliphatic carbocycles. The number of nitrogens with two attached hydrogens (primary N) is 1. The molecule has 100 valence electrons. The monoisotopic (exact) mass is 239 g/mol. The van der Waals surface area contributed by atoms with Gasteiger partial charge < -0.3 is 10.6 Å². The highest BCUT2D eigenvalue weighted by Gasteiger charge is 2.35. The van der Waals surface area contributed by atoms with Crippen molar-refractivity contribution >= 4 is 0 Å². The third-order valence-corrected chi connectivity index (χ3v) is 4.80. The van der Waals surface area contributed by atoms with Gasteiger partial charge in [0.15, 0.2) is 0 Å². The summed E-state index contributed by atoms with van der Waals surface area (Å²) in [5.41, 5.74) is 6.50. The second-order valence-corrected chi connectivity index (χ2v) is 5.99. The van der Waals surface area contributed by atoms with E-state index in [1.165, 1.54) is 71.1 Å². The molecule has 0 unspecified atom stereocenters. The van der Waals surface area contributed by atoms with E-state index in [-0.39, 0.29) is 0 Å². The van der Waals surface area contributed by atoms with E-state index in [2.05, 4.69) is 16.8 Å². The molecule has 2 rings (SSSR count). The van der Waals surface area contributed by atoms with Crippen molar-refractivity contribution in [1.82, 2.24) is 9.80 Å². The van der Waals surface area contributed by atoms with Crippen LogP contribution in [-0.4, -0.2) is 55.1 Å². The van der Waals surface area contributed by atoms with Crippen LogP contribution in [-0.2, 0) is 0 Å². The van der Waals surface area contributed by atoms with Crippen molar-refractivity contribution in [1.29, 1.82) is 0 Å². The maximum Gasteiger partial charge on any atom is 0.0332 e. The summed E-state index contributed by atoms with van der Waals surface area (Å²) in [5, 5.41) is 0. The van der Waals surface area contributed by atoms with Crippen molar-refractivity contribution in [3.8, 4) is 0 Å². The maximum absolute atomic E-state index is 6.17. The quantitative estimate of drug-likeness (QED) is 0.744. The zero-order chi connectivity index (χ0) is 12.1. The van der Waals surface area contributed by atoms with Crippen LogP contribution in [0.2, 0.25) is 0 Å². The molecule has 2 N–H and O–H groups in total. The van der Waals surface area contributed by atoms with Crippen LogP contribution >= 0.6 is 0 Å². The van der Waals surface area contributed by atoms with E-state index in [1.54, 1.807) is 0 Å². The molecule has 3 nitrogen and oxygen atoms in total. The minimum absolute atomic E-state index is 0.335. The highest BCUT2D eigenvalue weighted by molar-refractivity contribution is 4.94. The highest BCUT2D eigenvalue weighted by atomic mass is 15.3. The average molecular weight is 239 g/mol. The van der Waals surface area contributed by atoms with E-state index in [9.17, 15) is 0 Å². The Morgan fingerprint density at radius 2 is 1.59 bits per heavy atom. The molecule has 0 radical (unpaired) electrons. The molecule has 0 aromatic heterocycles. The molecule has 1 saturated carbocycles. The zero-order valence-electron chi connectivity index (χ0n) is 11.5. The van der Waals surface area contributed by atoms with Crippen LogP contribution in [0.3, 0.4) is 0 Å². The summed E-state index contributed by atoms with van der Waals surface area (Å²) >= 11 is 0. The van der Waals surface area contributed by atoms with Crippen molar-refractivity contribution in [2.75, 3.05) is 39.8 Å². The summed E-state index contributed by atoms with van der Waals surface area (Å²) in [4.78, 5) is 5.18. The van der Waals surface area contributed by atoms with Crippen LogP contribution in [0.5, 0.6) is 0 Å². The fraction of sp³-hybridized carbons (Fsp3) is 1.00. The van der Waals surface area contributed by atoms with Crippen LogP contribution < -0.4 is 5.73 Å². The smallest absolute Gasteiger partial charge is 0.0332 e. The Bertz CT molecular complexity index is 222. The summed E-state index contributed by atoms with van der Waals surface area (Å²) < 4.78 is 0. The third kappa shape index (κ3) is 3.21. The first kappa shape index (κ1) is 13.3. The summed E-state index contributed by atoms with van der Waals surface area (Å²) in [6.07, 6.45) is 9.54. The van der Waals surface area contributed by atoms with E-state index in [4.69, 9.17) is 5.73 Å². The molecule has 0 bridgehead atoms. The Morgan fingerprint density at radius 3 is 2.24 bits per heavy atom. The number of rotatable bonds is 2. The van der Waals surface area contributed by atoms with Gasteiger partial charge in [-0.15, -0.1) is 0 Å². The van der Waals surface area contributed by atoms with Crippen LogP contribution in [0.4, 0.5) is 0 Å². The molecule has 2 fully saturated rings. The second-order valence-electron chi connectivity index (χ2n) is 5.99. The van der Waals surface area contributed by atoms with Gasteiger partial charge in [-0.1, -0.05) is 25.7 Å². The van der Waals surface area contributed by atoms with Gasteiger partial charge in [-0.3, -0.25) is 4.90 Å². The van der Waals surface area contributed by atoms with Crippen molar-refractivity contribution in [2.24, 2.45) is 5.73 Å². The lowest BCUT2D eigenvalue weighted by Gasteiger charge is -2.43. The van der Waals surface area contributed by atoms with Gasteiger partial charge in [0.05, 0.1) is 0 Å². The lowest BCUT2D eigenvalue weighted by atomic mass is 9.88.